The van der Waals surface area contributed by atoms with Crippen molar-refractivity contribution in [2.24, 2.45) is 0 Å². The third-order valence-electron chi connectivity index (χ3n) is 4.81. The molecule has 0 aromatic carbocycles. The van der Waals surface area contributed by atoms with Crippen molar-refractivity contribution in [3.8, 4) is 5.88 Å². The molecule has 1 atom stereocenters. The first-order chi connectivity index (χ1) is 12.2. The molecule has 2 aromatic heterocycles. The fourth-order valence-electron chi connectivity index (χ4n) is 3.10. The van der Waals surface area contributed by atoms with Crippen molar-refractivity contribution in [2.75, 3.05) is 37.7 Å². The van der Waals surface area contributed by atoms with E-state index in [0.717, 1.165) is 43.8 Å². The van der Waals surface area contributed by atoms with E-state index in [4.69, 9.17) is 9.26 Å². The van der Waals surface area contributed by atoms with Gasteiger partial charge in [0.15, 0.2) is 5.82 Å². The molecule has 8 nitrogen and oxygen atoms in total. The molecule has 25 heavy (non-hydrogen) atoms. The molecular formula is C17H24N6O2. The molecule has 3 heterocycles. The Labute approximate surface area is 147 Å². The zero-order valence-corrected chi connectivity index (χ0v) is 14.8. The molecule has 2 fully saturated rings. The Morgan fingerprint density at radius 2 is 2.04 bits per heavy atom. The Morgan fingerprint density at radius 1 is 1.24 bits per heavy atom. The summed E-state index contributed by atoms with van der Waals surface area (Å²) in [6, 6.07) is 1.93. The number of nitrogens with zero attached hydrogens (tertiary/aromatic N) is 6. The van der Waals surface area contributed by atoms with Crippen molar-refractivity contribution in [3.63, 3.8) is 0 Å². The van der Waals surface area contributed by atoms with Crippen LogP contribution in [0.25, 0.3) is 0 Å². The van der Waals surface area contributed by atoms with E-state index in [1.54, 1.807) is 12.3 Å². The highest BCUT2D eigenvalue weighted by Crippen LogP contribution is 2.38. The summed E-state index contributed by atoms with van der Waals surface area (Å²) in [6.07, 6.45) is 4.12. The number of rotatable bonds is 6. The van der Waals surface area contributed by atoms with Gasteiger partial charge in [-0.1, -0.05) is 5.16 Å². The Bertz CT molecular complexity index is 709. The van der Waals surface area contributed by atoms with Gasteiger partial charge in [0.1, 0.15) is 0 Å². The second kappa shape index (κ2) is 6.95. The topological polar surface area (TPSA) is 80.4 Å². The molecule has 2 aromatic rings. The zero-order valence-electron chi connectivity index (χ0n) is 14.8. The van der Waals surface area contributed by atoms with Gasteiger partial charge in [-0.3, -0.25) is 4.90 Å². The van der Waals surface area contributed by atoms with Crippen LogP contribution < -0.4 is 9.64 Å². The van der Waals surface area contributed by atoms with Crippen molar-refractivity contribution in [3.05, 3.63) is 24.0 Å². The first-order valence-corrected chi connectivity index (χ1v) is 9.03. The van der Waals surface area contributed by atoms with Crippen LogP contribution >= 0.6 is 0 Å². The molecule has 0 radical (unpaired) electrons. The summed E-state index contributed by atoms with van der Waals surface area (Å²) >= 11 is 0. The van der Waals surface area contributed by atoms with Crippen molar-refractivity contribution < 1.29 is 9.26 Å². The lowest BCUT2D eigenvalue weighted by atomic mass is 10.2. The van der Waals surface area contributed by atoms with Crippen LogP contribution in [0.5, 0.6) is 5.88 Å². The highest BCUT2D eigenvalue weighted by atomic mass is 16.5. The molecule has 8 heteroatoms. The van der Waals surface area contributed by atoms with Crippen molar-refractivity contribution in [1.82, 2.24) is 25.0 Å². The first-order valence-electron chi connectivity index (χ1n) is 9.03. The largest absolute Gasteiger partial charge is 0.478 e. The van der Waals surface area contributed by atoms with Gasteiger partial charge >= 0.3 is 0 Å². The molecule has 1 aliphatic carbocycles. The average molecular weight is 344 g/mol. The molecule has 1 saturated carbocycles. The molecule has 1 aliphatic heterocycles. The summed E-state index contributed by atoms with van der Waals surface area (Å²) in [4.78, 5) is 18.0. The minimum Gasteiger partial charge on any atom is -0.478 e. The monoisotopic (exact) mass is 344 g/mol. The molecule has 1 saturated heterocycles. The van der Waals surface area contributed by atoms with Gasteiger partial charge in [-0.25, -0.2) is 4.98 Å². The van der Waals surface area contributed by atoms with E-state index < -0.39 is 0 Å². The molecule has 2 aliphatic rings. The van der Waals surface area contributed by atoms with Gasteiger partial charge < -0.3 is 14.2 Å². The summed E-state index contributed by atoms with van der Waals surface area (Å²) in [5.41, 5.74) is 0. The van der Waals surface area contributed by atoms with Crippen LogP contribution in [-0.2, 0) is 0 Å². The highest BCUT2D eigenvalue weighted by Gasteiger charge is 2.31. The van der Waals surface area contributed by atoms with Crippen molar-refractivity contribution in [1.29, 1.82) is 0 Å². The average Bonchev–Trinajstić information content (AvgIpc) is 3.39. The lowest BCUT2D eigenvalue weighted by Gasteiger charge is -2.36. The van der Waals surface area contributed by atoms with Gasteiger partial charge in [0.2, 0.25) is 17.7 Å². The van der Waals surface area contributed by atoms with Gasteiger partial charge in [-0.15, -0.1) is 0 Å². The third kappa shape index (κ3) is 3.58. The Morgan fingerprint density at radius 3 is 2.76 bits per heavy atom. The summed E-state index contributed by atoms with van der Waals surface area (Å²) in [5, 5.41) is 4.13. The molecule has 0 N–H and O–H groups in total. The first kappa shape index (κ1) is 16.3. The Hall–Kier alpha value is -2.22. The predicted molar refractivity (Wildman–Crippen MR) is 91.7 cm³/mol. The number of hydrogen-bond donors (Lipinski definition) is 0. The van der Waals surface area contributed by atoms with Crippen LogP contribution in [-0.4, -0.2) is 57.8 Å². The number of ether oxygens (including phenoxy) is 1. The lowest BCUT2D eigenvalue weighted by Crippen LogP contribution is -2.47. The number of hydrogen-bond acceptors (Lipinski definition) is 8. The van der Waals surface area contributed by atoms with E-state index in [0.29, 0.717) is 18.4 Å². The fourth-order valence-corrected chi connectivity index (χ4v) is 3.10. The number of aromatic nitrogens is 4. The van der Waals surface area contributed by atoms with E-state index in [1.165, 1.54) is 12.8 Å². The molecule has 0 amide bonds. The Kier molecular flexibility index (Phi) is 4.52. The van der Waals surface area contributed by atoms with Crippen LogP contribution in [0.4, 0.5) is 5.95 Å². The molecule has 1 unspecified atom stereocenters. The van der Waals surface area contributed by atoms with Gasteiger partial charge in [-0.05, 0) is 26.7 Å². The second-order valence-corrected chi connectivity index (χ2v) is 6.59. The standard InChI is InChI=1S/C17H24N6O2/c1-3-24-14-6-7-18-17(19-14)23-10-8-22(9-11-23)12(2)16-20-15(21-25-16)13-4-5-13/h6-7,12-13H,3-5,8-11H2,1-2H3. The number of piperazine rings is 1. The smallest absolute Gasteiger partial charge is 0.243 e. The quantitative estimate of drug-likeness (QED) is 0.787. The maximum atomic E-state index is 5.48. The van der Waals surface area contributed by atoms with Crippen LogP contribution in [0, 0.1) is 0 Å². The molecular weight excluding hydrogens is 320 g/mol. The van der Waals surface area contributed by atoms with E-state index >= 15 is 0 Å². The predicted octanol–water partition coefficient (Wildman–Crippen LogP) is 2.02. The van der Waals surface area contributed by atoms with Gasteiger partial charge in [0.05, 0.1) is 12.6 Å². The van der Waals surface area contributed by atoms with Crippen LogP contribution in [0.1, 0.15) is 50.4 Å². The molecule has 0 bridgehead atoms. The van der Waals surface area contributed by atoms with Crippen LogP contribution in [0.3, 0.4) is 0 Å². The Balaban J connectivity index is 1.36. The summed E-state index contributed by atoms with van der Waals surface area (Å²) in [7, 11) is 0. The van der Waals surface area contributed by atoms with Gasteiger partial charge in [0, 0.05) is 44.4 Å². The highest BCUT2D eigenvalue weighted by molar-refractivity contribution is 5.32. The minimum atomic E-state index is 0.137. The van der Waals surface area contributed by atoms with E-state index in [1.807, 2.05) is 6.92 Å². The summed E-state index contributed by atoms with van der Waals surface area (Å²) in [5.74, 6) is 3.48. The maximum Gasteiger partial charge on any atom is 0.243 e. The van der Waals surface area contributed by atoms with Gasteiger partial charge in [0.25, 0.3) is 0 Å². The SMILES string of the molecule is CCOc1ccnc(N2CCN(C(C)c3nc(C4CC4)no3)CC2)n1. The normalized spacial score (nSPS) is 19.8. The summed E-state index contributed by atoms with van der Waals surface area (Å²) < 4.78 is 10.9. The molecule has 0 spiro atoms. The third-order valence-corrected chi connectivity index (χ3v) is 4.81. The van der Waals surface area contributed by atoms with E-state index in [2.05, 4.69) is 36.8 Å². The van der Waals surface area contributed by atoms with Crippen molar-refractivity contribution >= 4 is 5.95 Å². The van der Waals surface area contributed by atoms with Gasteiger partial charge in [-0.2, -0.15) is 9.97 Å². The van der Waals surface area contributed by atoms with Crippen LogP contribution in [0.15, 0.2) is 16.8 Å². The zero-order chi connectivity index (χ0) is 17.2. The minimum absolute atomic E-state index is 0.137. The van der Waals surface area contributed by atoms with E-state index in [9.17, 15) is 0 Å². The summed E-state index contributed by atoms with van der Waals surface area (Å²) in [6.45, 7) is 8.23. The lowest BCUT2D eigenvalue weighted by molar-refractivity contribution is 0.163. The maximum absolute atomic E-state index is 5.48. The van der Waals surface area contributed by atoms with Crippen molar-refractivity contribution in [2.45, 2.75) is 38.6 Å². The fraction of sp³-hybridized carbons (Fsp3) is 0.647. The number of anilines is 1. The van der Waals surface area contributed by atoms with E-state index in [-0.39, 0.29) is 6.04 Å². The molecule has 134 valence electrons. The second-order valence-electron chi connectivity index (χ2n) is 6.59. The molecule has 4 rings (SSSR count). The van der Waals surface area contributed by atoms with Crippen LogP contribution in [0.2, 0.25) is 0 Å².